The van der Waals surface area contributed by atoms with E-state index < -0.39 is 5.60 Å². The number of carbonyl (C=O) groups is 1. The van der Waals surface area contributed by atoms with Gasteiger partial charge < -0.3 is 34.7 Å². The molecule has 4 heterocycles. The van der Waals surface area contributed by atoms with Crippen LogP contribution in [0.1, 0.15) is 65.0 Å². The molecule has 3 fully saturated rings. The number of hydrogen-bond acceptors (Lipinski definition) is 9. The fourth-order valence-electron chi connectivity index (χ4n) is 6.56. The van der Waals surface area contributed by atoms with E-state index in [0.29, 0.717) is 53.9 Å². The number of amides is 1. The van der Waals surface area contributed by atoms with Gasteiger partial charge in [0.25, 0.3) is 0 Å². The number of anilines is 1. The summed E-state index contributed by atoms with van der Waals surface area (Å²) in [5, 5.41) is 18.6. The second-order valence-corrected chi connectivity index (χ2v) is 13.5. The Bertz CT molecular complexity index is 1430. The number of benzene rings is 1. The van der Waals surface area contributed by atoms with E-state index in [0.717, 1.165) is 63.7 Å². The average Bonchev–Trinajstić information content (AvgIpc) is 3.43. The van der Waals surface area contributed by atoms with E-state index in [4.69, 9.17) is 15.2 Å². The number of nitrogens with two attached hydrogens (primary N) is 1. The first kappa shape index (κ1) is 30.3. The van der Waals surface area contributed by atoms with Crippen molar-refractivity contribution in [3.8, 4) is 22.7 Å². The van der Waals surface area contributed by atoms with Gasteiger partial charge in [-0.1, -0.05) is 12.1 Å². The van der Waals surface area contributed by atoms with Crippen LogP contribution in [0.2, 0.25) is 0 Å². The number of nitrogens with zero attached hydrogens (tertiary/aromatic N) is 6. The molecule has 11 nitrogen and oxygen atoms in total. The van der Waals surface area contributed by atoms with Crippen molar-refractivity contribution in [2.45, 2.75) is 89.6 Å². The topological polar surface area (TPSA) is 132 Å². The van der Waals surface area contributed by atoms with Crippen LogP contribution in [-0.2, 0) is 15.9 Å². The van der Waals surface area contributed by atoms with Gasteiger partial charge in [-0.3, -0.25) is 0 Å². The number of imidazole rings is 1. The number of hydrogen-bond donors (Lipinski definition) is 2. The van der Waals surface area contributed by atoms with Gasteiger partial charge >= 0.3 is 6.09 Å². The van der Waals surface area contributed by atoms with Crippen molar-refractivity contribution in [2.24, 2.45) is 5.92 Å². The Morgan fingerprint density at radius 2 is 1.75 bits per heavy atom. The molecule has 0 unspecified atom stereocenters. The summed E-state index contributed by atoms with van der Waals surface area (Å²) in [6.45, 7) is 9.34. The molecule has 3 N–H and O–H groups in total. The fourth-order valence-corrected chi connectivity index (χ4v) is 6.56. The summed E-state index contributed by atoms with van der Waals surface area (Å²) >= 11 is 0. The molecule has 0 spiro atoms. The van der Waals surface area contributed by atoms with Crippen LogP contribution < -0.4 is 5.73 Å². The Hall–Kier alpha value is -3.70. The maximum Gasteiger partial charge on any atom is 0.410 e. The molecular weight excluding hydrogens is 558 g/mol. The van der Waals surface area contributed by atoms with Crippen molar-refractivity contribution in [3.63, 3.8) is 0 Å². The zero-order valence-electron chi connectivity index (χ0n) is 26.1. The van der Waals surface area contributed by atoms with Crippen LogP contribution in [0.5, 0.6) is 5.75 Å². The van der Waals surface area contributed by atoms with Crippen LogP contribution in [-0.4, -0.2) is 90.8 Å². The number of aromatic hydroxyl groups is 1. The Kier molecular flexibility index (Phi) is 8.77. The molecule has 0 radical (unpaired) electrons. The standard InChI is InChI=1S/C33H45N7O4/c1-33(2,3)44-32(42)39-14-10-25(11-15-39)43-26-17-24(18-26)38-12-8-22(9-13-38)16-23-20-40(21-35-23)29-19-28(36-37-31(29)34)27-6-4-5-7-30(27)41/h4-7,19-22,24-26,41H,8-18H2,1-3H3,(H2,34,37)/t24-,26-. The molecule has 1 aromatic carbocycles. The Labute approximate surface area is 259 Å². The van der Waals surface area contributed by atoms with Gasteiger partial charge in [0.1, 0.15) is 11.4 Å². The van der Waals surface area contributed by atoms with Crippen molar-refractivity contribution in [1.29, 1.82) is 0 Å². The molecule has 3 aromatic rings. The SMILES string of the molecule is CC(C)(C)OC(=O)N1CCC(O[C@H]2C[C@H](N3CCC(Cc4cn(-c5cc(-c6ccccc6O)nnc5N)cn4)CC3)C2)CC1. The van der Waals surface area contributed by atoms with Crippen LogP contribution in [0, 0.1) is 5.92 Å². The van der Waals surface area contributed by atoms with Gasteiger partial charge in [-0.2, -0.15) is 0 Å². The second-order valence-electron chi connectivity index (χ2n) is 13.5. The third-order valence-electron chi connectivity index (χ3n) is 9.11. The maximum atomic E-state index is 12.3. The molecule has 6 rings (SSSR count). The average molecular weight is 604 g/mol. The van der Waals surface area contributed by atoms with Crippen molar-refractivity contribution >= 4 is 11.9 Å². The number of likely N-dealkylation sites (tertiary alicyclic amines) is 2. The number of carbonyl (C=O) groups excluding carboxylic acids is 1. The minimum atomic E-state index is -0.461. The summed E-state index contributed by atoms with van der Waals surface area (Å²) < 4.78 is 13.8. The van der Waals surface area contributed by atoms with E-state index in [1.165, 1.54) is 0 Å². The maximum absolute atomic E-state index is 12.3. The Morgan fingerprint density at radius 1 is 1.02 bits per heavy atom. The lowest BCUT2D eigenvalue weighted by molar-refractivity contribution is -0.106. The number of phenolic OH excluding ortho intramolecular Hbond substituents is 1. The first-order chi connectivity index (χ1) is 21.1. The van der Waals surface area contributed by atoms with Gasteiger partial charge in [-0.25, -0.2) is 9.78 Å². The number of nitrogen functional groups attached to an aromatic ring is 1. The first-order valence-electron chi connectivity index (χ1n) is 15.9. The van der Waals surface area contributed by atoms with E-state index in [-0.39, 0.29) is 17.9 Å². The van der Waals surface area contributed by atoms with Crippen molar-refractivity contribution in [3.05, 3.63) is 48.5 Å². The molecule has 0 atom stereocenters. The number of para-hydroxylation sites is 1. The number of phenols is 1. The van der Waals surface area contributed by atoms with Crippen LogP contribution >= 0.6 is 0 Å². The van der Waals surface area contributed by atoms with Gasteiger partial charge in [-0.05, 0) is 103 Å². The van der Waals surface area contributed by atoms with Gasteiger partial charge in [0, 0.05) is 30.9 Å². The van der Waals surface area contributed by atoms with Crippen molar-refractivity contribution in [2.75, 3.05) is 31.9 Å². The van der Waals surface area contributed by atoms with Crippen molar-refractivity contribution < 1.29 is 19.4 Å². The summed E-state index contributed by atoms with van der Waals surface area (Å²) in [5.74, 6) is 1.06. The lowest BCUT2D eigenvalue weighted by Gasteiger charge is -2.47. The number of rotatable bonds is 7. The number of ether oxygens (including phenoxy) is 2. The third-order valence-corrected chi connectivity index (χ3v) is 9.11. The van der Waals surface area contributed by atoms with Gasteiger partial charge in [0.05, 0.1) is 35.6 Å². The molecule has 3 aliphatic rings. The highest BCUT2D eigenvalue weighted by atomic mass is 16.6. The molecule has 2 aliphatic heterocycles. The minimum Gasteiger partial charge on any atom is -0.507 e. The van der Waals surface area contributed by atoms with Crippen LogP contribution in [0.4, 0.5) is 10.6 Å². The molecule has 1 aliphatic carbocycles. The summed E-state index contributed by atoms with van der Waals surface area (Å²) in [6, 6.07) is 9.52. The van der Waals surface area contributed by atoms with E-state index in [1.54, 1.807) is 24.5 Å². The predicted molar refractivity (Wildman–Crippen MR) is 167 cm³/mol. The van der Waals surface area contributed by atoms with E-state index in [2.05, 4.69) is 20.1 Å². The molecule has 44 heavy (non-hydrogen) atoms. The number of aromatic nitrogens is 4. The highest BCUT2D eigenvalue weighted by molar-refractivity contribution is 5.70. The van der Waals surface area contributed by atoms with E-state index >= 15 is 0 Å². The van der Waals surface area contributed by atoms with E-state index in [1.807, 2.05) is 48.6 Å². The van der Waals surface area contributed by atoms with Gasteiger partial charge in [-0.15, -0.1) is 10.2 Å². The second kappa shape index (κ2) is 12.7. The van der Waals surface area contributed by atoms with Crippen LogP contribution in [0.3, 0.4) is 0 Å². The monoisotopic (exact) mass is 603 g/mol. The fraction of sp³-hybridized carbons (Fsp3) is 0.576. The van der Waals surface area contributed by atoms with Crippen LogP contribution in [0.25, 0.3) is 16.9 Å². The molecule has 2 aromatic heterocycles. The quantitative estimate of drug-likeness (QED) is 0.390. The highest BCUT2D eigenvalue weighted by Crippen LogP contribution is 2.34. The van der Waals surface area contributed by atoms with E-state index in [9.17, 15) is 9.90 Å². The smallest absolute Gasteiger partial charge is 0.410 e. The summed E-state index contributed by atoms with van der Waals surface area (Å²) in [5.41, 5.74) is 8.61. The van der Waals surface area contributed by atoms with Crippen LogP contribution in [0.15, 0.2) is 42.9 Å². The Morgan fingerprint density at radius 3 is 2.45 bits per heavy atom. The molecule has 1 amide bonds. The molecule has 11 heteroatoms. The lowest BCUT2D eigenvalue weighted by Crippen LogP contribution is -2.52. The molecular formula is C33H45N7O4. The Balaban J connectivity index is 0.930. The molecule has 2 saturated heterocycles. The molecule has 0 bridgehead atoms. The predicted octanol–water partition coefficient (Wildman–Crippen LogP) is 4.82. The lowest BCUT2D eigenvalue weighted by atomic mass is 9.84. The largest absolute Gasteiger partial charge is 0.507 e. The zero-order valence-corrected chi connectivity index (χ0v) is 26.1. The first-order valence-corrected chi connectivity index (χ1v) is 15.9. The van der Waals surface area contributed by atoms with Crippen molar-refractivity contribution in [1.82, 2.24) is 29.5 Å². The normalized spacial score (nSPS) is 22.1. The molecule has 236 valence electrons. The van der Waals surface area contributed by atoms with Gasteiger partial charge in [0.15, 0.2) is 5.82 Å². The third kappa shape index (κ3) is 7.15. The molecule has 1 saturated carbocycles. The number of piperidine rings is 2. The summed E-state index contributed by atoms with van der Waals surface area (Å²) in [4.78, 5) is 21.5. The van der Waals surface area contributed by atoms with Gasteiger partial charge in [0.2, 0.25) is 0 Å². The minimum absolute atomic E-state index is 0.151. The zero-order chi connectivity index (χ0) is 30.8. The summed E-state index contributed by atoms with van der Waals surface area (Å²) in [6.07, 6.45) is 11.4. The summed E-state index contributed by atoms with van der Waals surface area (Å²) in [7, 11) is 0. The highest BCUT2D eigenvalue weighted by Gasteiger charge is 2.38.